The third-order valence-corrected chi connectivity index (χ3v) is 3.30. The summed E-state index contributed by atoms with van der Waals surface area (Å²) in [5.74, 6) is -1.41. The monoisotopic (exact) mass is 287 g/mol. The zero-order valence-electron chi connectivity index (χ0n) is 13.3. The summed E-state index contributed by atoms with van der Waals surface area (Å²) in [5, 5.41) is 11.8. The van der Waals surface area contributed by atoms with Crippen molar-refractivity contribution in [3.05, 3.63) is 0 Å². The minimum atomic E-state index is -0.865. The molecule has 2 N–H and O–H groups in total. The molecule has 1 unspecified atom stereocenters. The van der Waals surface area contributed by atoms with E-state index < -0.39 is 11.9 Å². The van der Waals surface area contributed by atoms with E-state index in [1.54, 1.807) is 4.90 Å². The number of nitrogens with one attached hydrogen (secondary N) is 1. The van der Waals surface area contributed by atoms with Gasteiger partial charge in [0.05, 0.1) is 5.92 Å². The van der Waals surface area contributed by atoms with Gasteiger partial charge in [-0.05, 0) is 39.9 Å². The Balaban J connectivity index is 4.23. The van der Waals surface area contributed by atoms with Gasteiger partial charge in [-0.15, -0.1) is 0 Å². The van der Waals surface area contributed by atoms with Crippen LogP contribution in [0.15, 0.2) is 0 Å². The number of rotatable bonds is 9. The molecule has 0 heterocycles. The number of hydrogen-bond donors (Lipinski definition) is 2. The van der Waals surface area contributed by atoms with E-state index >= 15 is 0 Å². The van der Waals surface area contributed by atoms with Crippen molar-refractivity contribution in [1.82, 2.24) is 15.1 Å². The van der Waals surface area contributed by atoms with Crippen LogP contribution in [-0.4, -0.2) is 67.2 Å². The van der Waals surface area contributed by atoms with Crippen molar-refractivity contribution in [2.24, 2.45) is 11.8 Å². The van der Waals surface area contributed by atoms with Crippen LogP contribution in [0.3, 0.4) is 0 Å². The van der Waals surface area contributed by atoms with E-state index in [-0.39, 0.29) is 18.5 Å². The minimum absolute atomic E-state index is 0.00313. The molecule has 0 spiro atoms. The number of urea groups is 1. The van der Waals surface area contributed by atoms with Crippen LogP contribution in [0.1, 0.15) is 27.2 Å². The third-order valence-electron chi connectivity index (χ3n) is 3.30. The van der Waals surface area contributed by atoms with Gasteiger partial charge in [0, 0.05) is 19.6 Å². The summed E-state index contributed by atoms with van der Waals surface area (Å²) >= 11 is 0. The van der Waals surface area contributed by atoms with Gasteiger partial charge in [0.25, 0.3) is 0 Å². The average molecular weight is 287 g/mol. The maximum atomic E-state index is 12.0. The first-order valence-corrected chi connectivity index (χ1v) is 7.19. The molecule has 0 aliphatic heterocycles. The smallest absolute Gasteiger partial charge is 0.317 e. The second-order valence-corrected chi connectivity index (χ2v) is 5.61. The quantitative estimate of drug-likeness (QED) is 0.671. The van der Waals surface area contributed by atoms with Crippen LogP contribution in [0.2, 0.25) is 0 Å². The molecule has 2 amide bonds. The highest BCUT2D eigenvalue weighted by atomic mass is 16.4. The van der Waals surface area contributed by atoms with E-state index in [0.29, 0.717) is 13.1 Å². The van der Waals surface area contributed by atoms with Crippen LogP contribution in [0.25, 0.3) is 0 Å². The molecule has 0 aromatic heterocycles. The van der Waals surface area contributed by atoms with E-state index in [9.17, 15) is 9.59 Å². The summed E-state index contributed by atoms with van der Waals surface area (Å²) in [6.45, 7) is 8.02. The zero-order chi connectivity index (χ0) is 15.7. The number of carboxylic acid groups (broad SMARTS) is 1. The lowest BCUT2D eigenvalue weighted by Crippen LogP contribution is -2.44. The first kappa shape index (κ1) is 18.7. The lowest BCUT2D eigenvalue weighted by Gasteiger charge is -2.24. The SMILES string of the molecule is CCN(CCCN(C)C)C(=O)NCC(C(=O)O)C(C)C. The Bertz CT molecular complexity index is 306. The third kappa shape index (κ3) is 7.33. The standard InChI is InChI=1S/C14H29N3O3/c1-6-17(9-7-8-16(4)5)14(20)15-10-12(11(2)3)13(18)19/h11-12H,6-10H2,1-5H3,(H,15,20)(H,18,19). The molecule has 0 aliphatic rings. The molecule has 6 heteroatoms. The second kappa shape index (κ2) is 9.58. The lowest BCUT2D eigenvalue weighted by atomic mass is 9.96. The van der Waals surface area contributed by atoms with Crippen molar-refractivity contribution in [1.29, 1.82) is 0 Å². The average Bonchev–Trinajstić information content (AvgIpc) is 2.33. The summed E-state index contributed by atoms with van der Waals surface area (Å²) in [5.41, 5.74) is 0. The number of carbonyl (C=O) groups is 2. The number of carbonyl (C=O) groups excluding carboxylic acids is 1. The summed E-state index contributed by atoms with van der Waals surface area (Å²) < 4.78 is 0. The summed E-state index contributed by atoms with van der Waals surface area (Å²) in [6, 6.07) is -0.182. The highest BCUT2D eigenvalue weighted by Gasteiger charge is 2.22. The van der Waals surface area contributed by atoms with Crippen molar-refractivity contribution in [3.63, 3.8) is 0 Å². The van der Waals surface area contributed by atoms with Crippen molar-refractivity contribution in [2.75, 3.05) is 40.3 Å². The molecule has 0 rings (SSSR count). The summed E-state index contributed by atoms with van der Waals surface area (Å²) in [7, 11) is 3.99. The van der Waals surface area contributed by atoms with Crippen LogP contribution in [0.4, 0.5) is 4.79 Å². The maximum Gasteiger partial charge on any atom is 0.317 e. The van der Waals surface area contributed by atoms with Gasteiger partial charge in [-0.3, -0.25) is 4.79 Å². The fourth-order valence-corrected chi connectivity index (χ4v) is 1.90. The number of hydrogen-bond acceptors (Lipinski definition) is 3. The van der Waals surface area contributed by atoms with E-state index in [1.165, 1.54) is 0 Å². The molecular weight excluding hydrogens is 258 g/mol. The Morgan fingerprint density at radius 2 is 1.80 bits per heavy atom. The van der Waals surface area contributed by atoms with Gasteiger partial charge in [0.15, 0.2) is 0 Å². The normalized spacial score (nSPS) is 12.6. The van der Waals surface area contributed by atoms with Crippen molar-refractivity contribution < 1.29 is 14.7 Å². The van der Waals surface area contributed by atoms with E-state index in [2.05, 4.69) is 10.2 Å². The van der Waals surface area contributed by atoms with E-state index in [1.807, 2.05) is 34.9 Å². The fourth-order valence-electron chi connectivity index (χ4n) is 1.90. The molecule has 0 fully saturated rings. The Kier molecular flexibility index (Phi) is 8.96. The highest BCUT2D eigenvalue weighted by molar-refractivity contribution is 5.76. The highest BCUT2D eigenvalue weighted by Crippen LogP contribution is 2.09. The second-order valence-electron chi connectivity index (χ2n) is 5.61. The first-order valence-electron chi connectivity index (χ1n) is 7.19. The Labute approximate surface area is 122 Å². The van der Waals surface area contributed by atoms with Gasteiger partial charge in [0.2, 0.25) is 0 Å². The molecule has 1 atom stereocenters. The number of nitrogens with zero attached hydrogens (tertiary/aromatic N) is 2. The predicted octanol–water partition coefficient (Wildman–Crippen LogP) is 1.33. The van der Waals surface area contributed by atoms with Crippen LogP contribution in [-0.2, 0) is 4.79 Å². The maximum absolute atomic E-state index is 12.0. The first-order chi connectivity index (χ1) is 9.29. The predicted molar refractivity (Wildman–Crippen MR) is 79.8 cm³/mol. The molecule has 0 saturated heterocycles. The number of amides is 2. The zero-order valence-corrected chi connectivity index (χ0v) is 13.3. The molecule has 0 bridgehead atoms. The number of aliphatic carboxylic acids is 1. The van der Waals surface area contributed by atoms with Gasteiger partial charge in [0.1, 0.15) is 0 Å². The van der Waals surface area contributed by atoms with Gasteiger partial charge in [-0.1, -0.05) is 13.8 Å². The van der Waals surface area contributed by atoms with Gasteiger partial charge < -0.3 is 20.2 Å². The molecule has 0 radical (unpaired) electrons. The molecule has 0 aromatic carbocycles. The van der Waals surface area contributed by atoms with Crippen molar-refractivity contribution in [2.45, 2.75) is 27.2 Å². The fraction of sp³-hybridized carbons (Fsp3) is 0.857. The lowest BCUT2D eigenvalue weighted by molar-refractivity contribution is -0.142. The minimum Gasteiger partial charge on any atom is -0.481 e. The van der Waals surface area contributed by atoms with E-state index in [0.717, 1.165) is 13.0 Å². The molecule has 118 valence electrons. The van der Waals surface area contributed by atoms with Gasteiger partial charge in [-0.2, -0.15) is 0 Å². The van der Waals surface area contributed by atoms with Crippen LogP contribution >= 0.6 is 0 Å². The van der Waals surface area contributed by atoms with Gasteiger partial charge >= 0.3 is 12.0 Å². The Morgan fingerprint density at radius 1 is 1.20 bits per heavy atom. The molecule has 0 aliphatic carbocycles. The van der Waals surface area contributed by atoms with E-state index in [4.69, 9.17) is 5.11 Å². The molecule has 0 saturated carbocycles. The molecule has 6 nitrogen and oxygen atoms in total. The van der Waals surface area contributed by atoms with Crippen LogP contribution in [0.5, 0.6) is 0 Å². The largest absolute Gasteiger partial charge is 0.481 e. The topological polar surface area (TPSA) is 72.9 Å². The van der Waals surface area contributed by atoms with Crippen LogP contribution in [0, 0.1) is 11.8 Å². The molecular formula is C14H29N3O3. The van der Waals surface area contributed by atoms with Gasteiger partial charge in [-0.25, -0.2) is 4.79 Å². The van der Waals surface area contributed by atoms with Crippen molar-refractivity contribution >= 4 is 12.0 Å². The van der Waals surface area contributed by atoms with Crippen molar-refractivity contribution in [3.8, 4) is 0 Å². The summed E-state index contributed by atoms with van der Waals surface area (Å²) in [6.07, 6.45) is 0.904. The Morgan fingerprint density at radius 3 is 2.20 bits per heavy atom. The summed E-state index contributed by atoms with van der Waals surface area (Å²) in [4.78, 5) is 26.9. The molecule has 20 heavy (non-hydrogen) atoms. The Hall–Kier alpha value is -1.30. The molecule has 0 aromatic rings. The van der Waals surface area contributed by atoms with Crippen LogP contribution < -0.4 is 5.32 Å². The number of carboxylic acids is 1.